The van der Waals surface area contributed by atoms with Gasteiger partial charge in [0.25, 0.3) is 0 Å². The summed E-state index contributed by atoms with van der Waals surface area (Å²) in [5.41, 5.74) is 0. The molecule has 0 aliphatic heterocycles. The van der Waals surface area contributed by atoms with Crippen LogP contribution in [0.15, 0.2) is 10.4 Å². The van der Waals surface area contributed by atoms with Gasteiger partial charge in [0.2, 0.25) is 6.54 Å². The molecule has 0 amide bonds. The highest BCUT2D eigenvalue weighted by atomic mass is 16.6. The van der Waals surface area contributed by atoms with Crippen molar-refractivity contribution < 1.29 is 4.92 Å². The van der Waals surface area contributed by atoms with Crippen LogP contribution in [0, 0.1) is 49.5 Å². The SMILES string of the molecule is CCC1CCC(CC(CC[N+](=O)[O-])C(CCCN=O)C(C)CCCN=O)C1. The van der Waals surface area contributed by atoms with Crippen LogP contribution in [0.5, 0.6) is 0 Å². The summed E-state index contributed by atoms with van der Waals surface area (Å²) >= 11 is 0. The Kier molecular flexibility index (Phi) is 12.0. The first-order valence-corrected chi connectivity index (χ1v) is 10.7. The first-order valence-electron chi connectivity index (χ1n) is 10.7. The number of nitro groups is 1. The number of nitrogens with zero attached hydrogens (tertiary/aromatic N) is 3. The molecule has 1 aliphatic carbocycles. The van der Waals surface area contributed by atoms with Crippen LogP contribution in [0.2, 0.25) is 0 Å². The fourth-order valence-corrected chi connectivity index (χ4v) is 5.04. The van der Waals surface area contributed by atoms with Gasteiger partial charge in [-0.1, -0.05) is 43.5 Å². The quantitative estimate of drug-likeness (QED) is 0.145. The molecule has 27 heavy (non-hydrogen) atoms. The van der Waals surface area contributed by atoms with Gasteiger partial charge in [-0.15, -0.1) is 0 Å². The highest BCUT2D eigenvalue weighted by molar-refractivity contribution is 4.82. The standard InChI is InChI=1S/C20H37N3O4/c1-3-17-8-9-18(14-17)15-19(10-13-23(26)27)20(7-5-12-22-25)16(2)6-4-11-21-24/h16-20H,3-15H2,1-2H3. The van der Waals surface area contributed by atoms with Gasteiger partial charge in [-0.3, -0.25) is 10.1 Å². The average Bonchev–Trinajstić information content (AvgIpc) is 3.10. The van der Waals surface area contributed by atoms with Crippen molar-refractivity contribution in [2.75, 3.05) is 19.6 Å². The van der Waals surface area contributed by atoms with E-state index in [1.54, 1.807) is 0 Å². The number of hydrogen-bond acceptors (Lipinski definition) is 6. The molecule has 0 radical (unpaired) electrons. The second-order valence-electron chi connectivity index (χ2n) is 8.43. The topological polar surface area (TPSA) is 102 Å². The van der Waals surface area contributed by atoms with Crippen molar-refractivity contribution >= 4 is 0 Å². The monoisotopic (exact) mass is 383 g/mol. The van der Waals surface area contributed by atoms with Crippen LogP contribution in [-0.2, 0) is 0 Å². The molecule has 0 aromatic rings. The normalized spacial score (nSPS) is 22.9. The average molecular weight is 384 g/mol. The van der Waals surface area contributed by atoms with Crippen LogP contribution >= 0.6 is 0 Å². The Balaban J connectivity index is 2.79. The summed E-state index contributed by atoms with van der Waals surface area (Å²) in [5, 5.41) is 16.9. The maximum atomic E-state index is 11.0. The lowest BCUT2D eigenvalue weighted by molar-refractivity contribution is -0.482. The molecule has 1 aliphatic rings. The zero-order chi connectivity index (χ0) is 20.1. The number of hydrogen-bond donors (Lipinski definition) is 0. The van der Waals surface area contributed by atoms with E-state index in [4.69, 9.17) is 0 Å². The van der Waals surface area contributed by atoms with Crippen molar-refractivity contribution in [3.8, 4) is 0 Å². The Bertz CT molecular complexity index is 447. The van der Waals surface area contributed by atoms with E-state index in [1.807, 2.05) is 0 Å². The Morgan fingerprint density at radius 1 is 1.04 bits per heavy atom. The predicted octanol–water partition coefficient (Wildman–Crippen LogP) is 5.83. The minimum atomic E-state index is -0.207. The van der Waals surface area contributed by atoms with E-state index in [0.717, 1.165) is 38.0 Å². The Morgan fingerprint density at radius 3 is 2.22 bits per heavy atom. The Morgan fingerprint density at radius 2 is 1.67 bits per heavy atom. The van der Waals surface area contributed by atoms with Crippen LogP contribution in [0.3, 0.4) is 0 Å². The number of nitroso groups, excluding NO2 is 2. The largest absolute Gasteiger partial charge is 0.265 e. The predicted molar refractivity (Wildman–Crippen MR) is 108 cm³/mol. The first-order chi connectivity index (χ1) is 13.0. The van der Waals surface area contributed by atoms with Crippen LogP contribution in [-0.4, -0.2) is 24.6 Å². The van der Waals surface area contributed by atoms with Crippen LogP contribution < -0.4 is 0 Å². The van der Waals surface area contributed by atoms with Crippen molar-refractivity contribution in [3.63, 3.8) is 0 Å². The third-order valence-corrected chi connectivity index (χ3v) is 6.58. The van der Waals surface area contributed by atoms with E-state index in [0.29, 0.717) is 43.2 Å². The summed E-state index contributed by atoms with van der Waals surface area (Å²) in [6.07, 6.45) is 9.93. The molecule has 5 unspecified atom stereocenters. The molecular formula is C20H37N3O4. The maximum Gasteiger partial charge on any atom is 0.204 e. The summed E-state index contributed by atoms with van der Waals surface area (Å²) in [4.78, 5) is 31.7. The molecule has 1 fully saturated rings. The second-order valence-corrected chi connectivity index (χ2v) is 8.43. The van der Waals surface area contributed by atoms with Crippen molar-refractivity contribution in [1.29, 1.82) is 0 Å². The van der Waals surface area contributed by atoms with Gasteiger partial charge >= 0.3 is 0 Å². The number of rotatable bonds is 16. The summed E-state index contributed by atoms with van der Waals surface area (Å²) in [5.74, 6) is 2.50. The molecule has 0 heterocycles. The first kappa shape index (κ1) is 23.6. The molecule has 0 bridgehead atoms. The molecule has 7 heteroatoms. The van der Waals surface area contributed by atoms with Gasteiger partial charge in [0.15, 0.2) is 0 Å². The van der Waals surface area contributed by atoms with Gasteiger partial charge in [-0.25, -0.2) is 0 Å². The highest BCUT2D eigenvalue weighted by Crippen LogP contribution is 2.41. The van der Waals surface area contributed by atoms with E-state index in [9.17, 15) is 19.9 Å². The van der Waals surface area contributed by atoms with Crippen molar-refractivity contribution in [2.24, 2.45) is 39.9 Å². The lowest BCUT2D eigenvalue weighted by Gasteiger charge is -2.33. The lowest BCUT2D eigenvalue weighted by Crippen LogP contribution is -2.26. The summed E-state index contributed by atoms with van der Waals surface area (Å²) in [7, 11) is 0. The van der Waals surface area contributed by atoms with Crippen LogP contribution in [0.4, 0.5) is 0 Å². The molecule has 0 aromatic carbocycles. The third kappa shape index (κ3) is 9.38. The molecule has 7 nitrogen and oxygen atoms in total. The minimum Gasteiger partial charge on any atom is -0.265 e. The zero-order valence-electron chi connectivity index (χ0n) is 17.1. The fourth-order valence-electron chi connectivity index (χ4n) is 5.04. The van der Waals surface area contributed by atoms with Gasteiger partial charge in [0.1, 0.15) is 0 Å². The minimum absolute atomic E-state index is 0.0135. The van der Waals surface area contributed by atoms with Crippen molar-refractivity contribution in [2.45, 2.75) is 78.1 Å². The zero-order valence-corrected chi connectivity index (χ0v) is 17.1. The molecule has 0 saturated heterocycles. The molecule has 1 rings (SSSR count). The molecule has 0 N–H and O–H groups in total. The molecular weight excluding hydrogens is 346 g/mol. The van der Waals surface area contributed by atoms with Gasteiger partial charge in [0, 0.05) is 11.3 Å². The molecule has 156 valence electrons. The van der Waals surface area contributed by atoms with E-state index >= 15 is 0 Å². The Hall–Kier alpha value is -1.40. The lowest BCUT2D eigenvalue weighted by atomic mass is 9.72. The van der Waals surface area contributed by atoms with Gasteiger partial charge in [-0.2, -0.15) is 9.81 Å². The van der Waals surface area contributed by atoms with Gasteiger partial charge in [0.05, 0.1) is 13.1 Å². The van der Waals surface area contributed by atoms with Crippen molar-refractivity contribution in [3.05, 3.63) is 19.9 Å². The van der Waals surface area contributed by atoms with Gasteiger partial charge < -0.3 is 0 Å². The van der Waals surface area contributed by atoms with E-state index in [-0.39, 0.29) is 11.5 Å². The van der Waals surface area contributed by atoms with E-state index in [2.05, 4.69) is 24.2 Å². The summed E-state index contributed by atoms with van der Waals surface area (Å²) in [6, 6.07) is 0. The molecule has 0 aromatic heterocycles. The van der Waals surface area contributed by atoms with Crippen LogP contribution in [0.25, 0.3) is 0 Å². The molecule has 5 atom stereocenters. The highest BCUT2D eigenvalue weighted by Gasteiger charge is 2.32. The van der Waals surface area contributed by atoms with Crippen molar-refractivity contribution in [1.82, 2.24) is 0 Å². The van der Waals surface area contributed by atoms with Gasteiger partial charge in [-0.05, 0) is 68.1 Å². The third-order valence-electron chi connectivity index (χ3n) is 6.58. The van der Waals surface area contributed by atoms with E-state index < -0.39 is 0 Å². The molecule has 1 saturated carbocycles. The maximum absolute atomic E-state index is 11.0. The molecule has 0 spiro atoms. The second kappa shape index (κ2) is 13.7. The summed E-state index contributed by atoms with van der Waals surface area (Å²) in [6.45, 7) is 5.08. The Labute approximate surface area is 163 Å². The van der Waals surface area contributed by atoms with Crippen LogP contribution in [0.1, 0.15) is 78.1 Å². The van der Waals surface area contributed by atoms with E-state index in [1.165, 1.54) is 25.7 Å². The summed E-state index contributed by atoms with van der Waals surface area (Å²) < 4.78 is 0. The smallest absolute Gasteiger partial charge is 0.204 e. The fraction of sp³-hybridized carbons (Fsp3) is 1.00.